The SMILES string of the molecule is CCCCC(CC)CNC1CCC(SCC)C1. The maximum absolute atomic E-state index is 3.82. The smallest absolute Gasteiger partial charge is 0.00781 e. The molecule has 102 valence electrons. The standard InChI is InChI=1S/C15H31NS/c1-4-7-8-13(5-2)12-16-14-9-10-15(11-14)17-6-3/h13-16H,4-12H2,1-3H3. The Morgan fingerprint density at radius 2 is 2.06 bits per heavy atom. The third-order valence-electron chi connectivity index (χ3n) is 4.03. The monoisotopic (exact) mass is 257 g/mol. The molecule has 0 amide bonds. The molecule has 2 heteroatoms. The van der Waals surface area contributed by atoms with Crippen LogP contribution in [0.25, 0.3) is 0 Å². The molecule has 0 saturated heterocycles. The van der Waals surface area contributed by atoms with Crippen LogP contribution in [0.3, 0.4) is 0 Å². The molecule has 3 unspecified atom stereocenters. The van der Waals surface area contributed by atoms with Gasteiger partial charge in [0.1, 0.15) is 0 Å². The molecule has 0 aliphatic heterocycles. The van der Waals surface area contributed by atoms with Crippen molar-refractivity contribution in [3.05, 3.63) is 0 Å². The fourth-order valence-electron chi connectivity index (χ4n) is 2.79. The second-order valence-corrected chi connectivity index (χ2v) is 6.99. The van der Waals surface area contributed by atoms with Crippen molar-refractivity contribution in [2.24, 2.45) is 5.92 Å². The molecule has 1 aliphatic rings. The molecule has 1 rings (SSSR count). The average molecular weight is 257 g/mol. The van der Waals surface area contributed by atoms with Gasteiger partial charge in [0, 0.05) is 11.3 Å². The van der Waals surface area contributed by atoms with Crippen LogP contribution in [-0.2, 0) is 0 Å². The zero-order valence-electron chi connectivity index (χ0n) is 12.0. The Bertz CT molecular complexity index is 184. The summed E-state index contributed by atoms with van der Waals surface area (Å²) in [4.78, 5) is 0. The van der Waals surface area contributed by atoms with E-state index in [0.717, 1.165) is 17.2 Å². The molecule has 1 nitrogen and oxygen atoms in total. The summed E-state index contributed by atoms with van der Waals surface area (Å²) in [5.41, 5.74) is 0. The summed E-state index contributed by atoms with van der Waals surface area (Å²) >= 11 is 2.16. The minimum Gasteiger partial charge on any atom is -0.314 e. The molecule has 0 spiro atoms. The van der Waals surface area contributed by atoms with E-state index in [0.29, 0.717) is 0 Å². The van der Waals surface area contributed by atoms with E-state index in [1.54, 1.807) is 0 Å². The molecule has 0 aromatic heterocycles. The first-order valence-corrected chi connectivity index (χ1v) is 8.69. The highest BCUT2D eigenvalue weighted by atomic mass is 32.2. The van der Waals surface area contributed by atoms with Crippen LogP contribution in [0.5, 0.6) is 0 Å². The van der Waals surface area contributed by atoms with Crippen LogP contribution in [0.2, 0.25) is 0 Å². The predicted octanol–water partition coefficient (Wildman–Crippen LogP) is 4.47. The summed E-state index contributed by atoms with van der Waals surface area (Å²) in [5.74, 6) is 2.19. The van der Waals surface area contributed by atoms with E-state index in [-0.39, 0.29) is 0 Å². The van der Waals surface area contributed by atoms with Crippen LogP contribution in [-0.4, -0.2) is 23.6 Å². The lowest BCUT2D eigenvalue weighted by Gasteiger charge is -2.19. The predicted molar refractivity (Wildman–Crippen MR) is 80.9 cm³/mol. The Kier molecular flexibility index (Phi) is 8.38. The first-order valence-electron chi connectivity index (χ1n) is 7.65. The average Bonchev–Trinajstić information content (AvgIpc) is 2.78. The van der Waals surface area contributed by atoms with E-state index in [1.807, 2.05) is 0 Å². The number of rotatable bonds is 9. The molecule has 0 bridgehead atoms. The highest BCUT2D eigenvalue weighted by molar-refractivity contribution is 7.99. The Balaban J connectivity index is 2.12. The number of hydrogen-bond donors (Lipinski definition) is 1. The molecule has 0 aromatic rings. The maximum Gasteiger partial charge on any atom is 0.00781 e. The van der Waals surface area contributed by atoms with Crippen molar-refractivity contribution in [3.63, 3.8) is 0 Å². The van der Waals surface area contributed by atoms with E-state index >= 15 is 0 Å². The lowest BCUT2D eigenvalue weighted by Crippen LogP contribution is -2.31. The highest BCUT2D eigenvalue weighted by Gasteiger charge is 2.24. The zero-order chi connectivity index (χ0) is 12.5. The van der Waals surface area contributed by atoms with Crippen LogP contribution < -0.4 is 5.32 Å². The van der Waals surface area contributed by atoms with Crippen molar-refractivity contribution in [2.45, 2.75) is 77.0 Å². The molecule has 1 saturated carbocycles. The number of thioether (sulfide) groups is 1. The topological polar surface area (TPSA) is 12.0 Å². The van der Waals surface area contributed by atoms with Crippen molar-refractivity contribution in [2.75, 3.05) is 12.3 Å². The molecular weight excluding hydrogens is 226 g/mol. The van der Waals surface area contributed by atoms with Crippen molar-refractivity contribution in [3.8, 4) is 0 Å². The summed E-state index contributed by atoms with van der Waals surface area (Å²) in [7, 11) is 0. The molecule has 0 radical (unpaired) electrons. The fraction of sp³-hybridized carbons (Fsp3) is 1.00. The minimum atomic E-state index is 0.815. The fourth-order valence-corrected chi connectivity index (χ4v) is 3.93. The number of hydrogen-bond acceptors (Lipinski definition) is 2. The van der Waals surface area contributed by atoms with Gasteiger partial charge in [-0.2, -0.15) is 11.8 Å². The summed E-state index contributed by atoms with van der Waals surface area (Å²) in [6.45, 7) is 8.17. The highest BCUT2D eigenvalue weighted by Crippen LogP contribution is 2.29. The summed E-state index contributed by atoms with van der Waals surface area (Å²) in [6.07, 6.45) is 9.74. The van der Waals surface area contributed by atoms with Gasteiger partial charge in [-0.05, 0) is 43.9 Å². The molecule has 0 aromatic carbocycles. The first kappa shape index (κ1) is 15.4. The van der Waals surface area contributed by atoms with Gasteiger partial charge in [0.25, 0.3) is 0 Å². The molecule has 3 atom stereocenters. The van der Waals surface area contributed by atoms with Gasteiger partial charge in [-0.25, -0.2) is 0 Å². The minimum absolute atomic E-state index is 0.815. The Labute approximate surface area is 113 Å². The van der Waals surface area contributed by atoms with E-state index < -0.39 is 0 Å². The van der Waals surface area contributed by atoms with E-state index in [1.165, 1.54) is 57.2 Å². The van der Waals surface area contributed by atoms with Crippen molar-refractivity contribution >= 4 is 11.8 Å². The van der Waals surface area contributed by atoms with Crippen LogP contribution in [0.1, 0.15) is 65.7 Å². The molecule has 1 N–H and O–H groups in total. The Hall–Kier alpha value is 0.310. The van der Waals surface area contributed by atoms with Crippen LogP contribution >= 0.6 is 11.8 Å². The van der Waals surface area contributed by atoms with Gasteiger partial charge in [-0.3, -0.25) is 0 Å². The molecular formula is C15H31NS. The van der Waals surface area contributed by atoms with E-state index in [2.05, 4.69) is 37.8 Å². The van der Waals surface area contributed by atoms with Crippen LogP contribution in [0.15, 0.2) is 0 Å². The molecule has 1 aliphatic carbocycles. The summed E-state index contributed by atoms with van der Waals surface area (Å²) in [5, 5.41) is 4.75. The number of unbranched alkanes of at least 4 members (excludes halogenated alkanes) is 1. The first-order chi connectivity index (χ1) is 8.30. The maximum atomic E-state index is 3.82. The zero-order valence-corrected chi connectivity index (χ0v) is 12.8. The lowest BCUT2D eigenvalue weighted by molar-refractivity contribution is 0.389. The van der Waals surface area contributed by atoms with Gasteiger partial charge in [0.2, 0.25) is 0 Å². The van der Waals surface area contributed by atoms with E-state index in [9.17, 15) is 0 Å². The lowest BCUT2D eigenvalue weighted by atomic mass is 9.99. The van der Waals surface area contributed by atoms with Gasteiger partial charge in [-0.1, -0.05) is 40.0 Å². The van der Waals surface area contributed by atoms with Gasteiger partial charge in [0.15, 0.2) is 0 Å². The Morgan fingerprint density at radius 3 is 2.71 bits per heavy atom. The quantitative estimate of drug-likeness (QED) is 0.654. The largest absolute Gasteiger partial charge is 0.314 e. The third-order valence-corrected chi connectivity index (χ3v) is 5.26. The number of nitrogens with one attached hydrogen (secondary N) is 1. The Morgan fingerprint density at radius 1 is 1.24 bits per heavy atom. The van der Waals surface area contributed by atoms with Crippen molar-refractivity contribution in [1.82, 2.24) is 5.32 Å². The second-order valence-electron chi connectivity index (χ2n) is 5.41. The molecule has 17 heavy (non-hydrogen) atoms. The van der Waals surface area contributed by atoms with E-state index in [4.69, 9.17) is 0 Å². The summed E-state index contributed by atoms with van der Waals surface area (Å²) in [6, 6.07) is 0.815. The van der Waals surface area contributed by atoms with Gasteiger partial charge < -0.3 is 5.32 Å². The van der Waals surface area contributed by atoms with Gasteiger partial charge in [0.05, 0.1) is 0 Å². The van der Waals surface area contributed by atoms with Gasteiger partial charge >= 0.3 is 0 Å². The molecule has 1 fully saturated rings. The van der Waals surface area contributed by atoms with Gasteiger partial charge in [-0.15, -0.1) is 0 Å². The van der Waals surface area contributed by atoms with Crippen LogP contribution in [0, 0.1) is 5.92 Å². The van der Waals surface area contributed by atoms with Crippen molar-refractivity contribution in [1.29, 1.82) is 0 Å². The van der Waals surface area contributed by atoms with Crippen molar-refractivity contribution < 1.29 is 0 Å². The normalized spacial score (nSPS) is 26.3. The second kappa shape index (κ2) is 9.27. The third kappa shape index (κ3) is 6.15. The molecule has 0 heterocycles. The summed E-state index contributed by atoms with van der Waals surface area (Å²) < 4.78 is 0. The van der Waals surface area contributed by atoms with Crippen LogP contribution in [0.4, 0.5) is 0 Å².